The van der Waals surface area contributed by atoms with Gasteiger partial charge in [0.15, 0.2) is 5.96 Å². The van der Waals surface area contributed by atoms with Gasteiger partial charge >= 0.3 is 0 Å². The lowest BCUT2D eigenvalue weighted by Gasteiger charge is -2.35. The number of carbonyl (C=O) groups excluding carboxylic acids is 1. The predicted molar refractivity (Wildman–Crippen MR) is 120 cm³/mol. The van der Waals surface area contributed by atoms with Crippen LogP contribution in [0, 0.1) is 0 Å². The second-order valence-corrected chi connectivity index (χ2v) is 6.35. The summed E-state index contributed by atoms with van der Waals surface area (Å²) in [5.41, 5.74) is 1.98. The molecule has 1 fully saturated rings. The van der Waals surface area contributed by atoms with Crippen LogP contribution in [0.15, 0.2) is 47.7 Å². The molecule has 1 aliphatic rings. The minimum Gasteiger partial charge on any atom is -0.375 e. The molecule has 0 radical (unpaired) electrons. The zero-order valence-electron chi connectivity index (χ0n) is 16.2. The molecule has 0 unspecified atom stereocenters. The Bertz CT molecular complexity index is 780. The number of guanidine groups is 1. The minimum atomic E-state index is 0. The van der Waals surface area contributed by atoms with Crippen LogP contribution in [0.5, 0.6) is 0 Å². The van der Waals surface area contributed by atoms with Gasteiger partial charge in [-0.3, -0.25) is 14.5 Å². The SMILES string of the molecule is CN=C(NCCOCc1ccccc1)N1CCN(c2cnn(C)c2)C(=O)C1.I. The van der Waals surface area contributed by atoms with Crippen LogP contribution in [-0.4, -0.2) is 66.4 Å². The van der Waals surface area contributed by atoms with E-state index in [-0.39, 0.29) is 29.9 Å². The van der Waals surface area contributed by atoms with E-state index >= 15 is 0 Å². The number of halogens is 1. The fourth-order valence-corrected chi connectivity index (χ4v) is 3.01. The lowest BCUT2D eigenvalue weighted by atomic mass is 10.2. The van der Waals surface area contributed by atoms with Gasteiger partial charge in [0, 0.05) is 39.9 Å². The summed E-state index contributed by atoms with van der Waals surface area (Å²) in [6.07, 6.45) is 3.56. The molecule has 0 bridgehead atoms. The van der Waals surface area contributed by atoms with Crippen molar-refractivity contribution < 1.29 is 9.53 Å². The number of nitrogens with zero attached hydrogens (tertiary/aromatic N) is 5. The molecule has 0 atom stereocenters. The van der Waals surface area contributed by atoms with Gasteiger partial charge in [0.05, 0.1) is 25.1 Å². The largest absolute Gasteiger partial charge is 0.375 e. The zero-order valence-corrected chi connectivity index (χ0v) is 18.6. The summed E-state index contributed by atoms with van der Waals surface area (Å²) in [6.45, 7) is 3.40. The number of hydrogen-bond acceptors (Lipinski definition) is 4. The number of anilines is 1. The molecule has 0 aliphatic carbocycles. The van der Waals surface area contributed by atoms with Crippen LogP contribution >= 0.6 is 24.0 Å². The van der Waals surface area contributed by atoms with Gasteiger partial charge in [0.25, 0.3) is 0 Å². The average Bonchev–Trinajstić information content (AvgIpc) is 3.11. The monoisotopic (exact) mass is 498 g/mol. The van der Waals surface area contributed by atoms with Gasteiger partial charge in [-0.05, 0) is 5.56 Å². The number of aliphatic imine (C=N–C) groups is 1. The number of nitrogens with one attached hydrogen (secondary N) is 1. The van der Waals surface area contributed by atoms with Crippen LogP contribution in [0.25, 0.3) is 0 Å². The molecule has 1 aromatic heterocycles. The summed E-state index contributed by atoms with van der Waals surface area (Å²) < 4.78 is 7.38. The Morgan fingerprint density at radius 1 is 1.29 bits per heavy atom. The molecule has 8 nitrogen and oxygen atoms in total. The van der Waals surface area contributed by atoms with Gasteiger partial charge in [-0.1, -0.05) is 30.3 Å². The molecule has 1 aliphatic heterocycles. The second kappa shape index (κ2) is 11.0. The Hall–Kier alpha value is -2.14. The zero-order chi connectivity index (χ0) is 19.1. The van der Waals surface area contributed by atoms with Crippen molar-refractivity contribution >= 4 is 41.5 Å². The highest BCUT2D eigenvalue weighted by Gasteiger charge is 2.27. The number of hydrogen-bond donors (Lipinski definition) is 1. The van der Waals surface area contributed by atoms with Crippen molar-refractivity contribution in [2.75, 3.05) is 44.7 Å². The van der Waals surface area contributed by atoms with Gasteiger partial charge < -0.3 is 19.9 Å². The summed E-state index contributed by atoms with van der Waals surface area (Å²) in [6, 6.07) is 10.1. The third-order valence-electron chi connectivity index (χ3n) is 4.38. The number of ether oxygens (including phenoxy) is 1. The fraction of sp³-hybridized carbons (Fsp3) is 0.421. The molecule has 1 aromatic carbocycles. The molecule has 1 saturated heterocycles. The molecule has 2 heterocycles. The lowest BCUT2D eigenvalue weighted by Crippen LogP contribution is -2.55. The summed E-state index contributed by atoms with van der Waals surface area (Å²) >= 11 is 0. The first-order valence-electron chi connectivity index (χ1n) is 9.03. The summed E-state index contributed by atoms with van der Waals surface area (Å²) in [5, 5.41) is 7.40. The van der Waals surface area contributed by atoms with Crippen molar-refractivity contribution in [3.8, 4) is 0 Å². The van der Waals surface area contributed by atoms with Crippen LogP contribution < -0.4 is 10.2 Å². The van der Waals surface area contributed by atoms with Crippen molar-refractivity contribution in [2.24, 2.45) is 12.0 Å². The Kier molecular flexibility index (Phi) is 8.71. The van der Waals surface area contributed by atoms with Crippen LogP contribution in [-0.2, 0) is 23.2 Å². The number of carbonyl (C=O) groups is 1. The van der Waals surface area contributed by atoms with Gasteiger partial charge in [0.2, 0.25) is 5.91 Å². The molecule has 28 heavy (non-hydrogen) atoms. The number of benzene rings is 1. The molecule has 3 rings (SSSR count). The number of aryl methyl sites for hydroxylation is 1. The van der Waals surface area contributed by atoms with E-state index in [4.69, 9.17) is 4.74 Å². The summed E-state index contributed by atoms with van der Waals surface area (Å²) in [4.78, 5) is 20.5. The highest BCUT2D eigenvalue weighted by atomic mass is 127. The molecule has 152 valence electrons. The van der Waals surface area contributed by atoms with E-state index < -0.39 is 0 Å². The molecular formula is C19H27IN6O2. The molecule has 9 heteroatoms. The fourth-order valence-electron chi connectivity index (χ4n) is 3.01. The van der Waals surface area contributed by atoms with Crippen LogP contribution in [0.3, 0.4) is 0 Å². The first-order valence-corrected chi connectivity index (χ1v) is 9.03. The average molecular weight is 498 g/mol. The topological polar surface area (TPSA) is 75.0 Å². The molecule has 2 aromatic rings. The number of piperazine rings is 1. The standard InChI is InChI=1S/C19H26N6O2.HI/c1-20-19(21-8-11-27-15-16-6-4-3-5-7-16)24-9-10-25(18(26)14-24)17-12-22-23(2)13-17;/h3-7,12-13H,8-11,14-15H2,1-2H3,(H,20,21);1H. The molecule has 0 saturated carbocycles. The number of aromatic nitrogens is 2. The van der Waals surface area contributed by atoms with Gasteiger partial charge in [-0.2, -0.15) is 5.10 Å². The maximum Gasteiger partial charge on any atom is 0.246 e. The Labute approximate surface area is 182 Å². The maximum atomic E-state index is 12.5. The summed E-state index contributed by atoms with van der Waals surface area (Å²) in [7, 11) is 3.57. The Morgan fingerprint density at radius 2 is 2.07 bits per heavy atom. The van der Waals surface area contributed by atoms with E-state index in [2.05, 4.69) is 15.4 Å². The quantitative estimate of drug-likeness (QED) is 0.283. The van der Waals surface area contributed by atoms with Crippen LogP contribution in [0.1, 0.15) is 5.56 Å². The number of amides is 1. The normalized spacial score (nSPS) is 14.8. The van der Waals surface area contributed by atoms with Gasteiger partial charge in [-0.15, -0.1) is 24.0 Å². The van der Waals surface area contributed by atoms with Gasteiger partial charge in [-0.25, -0.2) is 0 Å². The predicted octanol–water partition coefficient (Wildman–Crippen LogP) is 1.48. The van der Waals surface area contributed by atoms with E-state index in [1.807, 2.05) is 48.5 Å². The molecule has 1 N–H and O–H groups in total. The third kappa shape index (κ3) is 5.93. The van der Waals surface area contributed by atoms with Crippen LogP contribution in [0.2, 0.25) is 0 Å². The van der Waals surface area contributed by atoms with Crippen molar-refractivity contribution in [3.63, 3.8) is 0 Å². The first-order chi connectivity index (χ1) is 13.2. The molecule has 0 spiro atoms. The van der Waals surface area contributed by atoms with E-state index in [1.54, 1.807) is 22.8 Å². The number of rotatable bonds is 6. The molecule has 1 amide bonds. The smallest absolute Gasteiger partial charge is 0.246 e. The van der Waals surface area contributed by atoms with E-state index in [9.17, 15) is 4.79 Å². The van der Waals surface area contributed by atoms with Crippen molar-refractivity contribution in [2.45, 2.75) is 6.61 Å². The Morgan fingerprint density at radius 3 is 2.71 bits per heavy atom. The molecular weight excluding hydrogens is 471 g/mol. The van der Waals surface area contributed by atoms with E-state index in [1.165, 1.54) is 0 Å². The minimum absolute atomic E-state index is 0. The van der Waals surface area contributed by atoms with Crippen molar-refractivity contribution in [1.29, 1.82) is 0 Å². The van der Waals surface area contributed by atoms with E-state index in [0.29, 0.717) is 39.4 Å². The van der Waals surface area contributed by atoms with Crippen LogP contribution in [0.4, 0.5) is 5.69 Å². The Balaban J connectivity index is 0.00000280. The second-order valence-electron chi connectivity index (χ2n) is 6.35. The van der Waals surface area contributed by atoms with Crippen molar-refractivity contribution in [3.05, 3.63) is 48.3 Å². The lowest BCUT2D eigenvalue weighted by molar-refractivity contribution is -0.120. The highest BCUT2D eigenvalue weighted by molar-refractivity contribution is 14.0. The van der Waals surface area contributed by atoms with Gasteiger partial charge in [0.1, 0.15) is 6.54 Å². The maximum absolute atomic E-state index is 12.5. The third-order valence-corrected chi connectivity index (χ3v) is 4.38. The van der Waals surface area contributed by atoms with E-state index in [0.717, 1.165) is 17.2 Å². The van der Waals surface area contributed by atoms with Crippen molar-refractivity contribution in [1.82, 2.24) is 20.0 Å². The summed E-state index contributed by atoms with van der Waals surface area (Å²) in [5.74, 6) is 0.759. The first kappa shape index (κ1) is 22.2. The highest BCUT2D eigenvalue weighted by Crippen LogP contribution is 2.15.